The highest BCUT2D eigenvalue weighted by Crippen LogP contribution is 2.49. The van der Waals surface area contributed by atoms with Crippen LogP contribution in [0.4, 0.5) is 9.18 Å². The number of imide groups is 1. The summed E-state index contributed by atoms with van der Waals surface area (Å²) in [5.74, 6) is -0.730. The van der Waals surface area contributed by atoms with Crippen LogP contribution in [0.2, 0.25) is 5.02 Å². The number of aromatic hydroxyl groups is 1. The Morgan fingerprint density at radius 2 is 1.90 bits per heavy atom. The van der Waals surface area contributed by atoms with Gasteiger partial charge in [-0.1, -0.05) is 23.7 Å². The average Bonchev–Trinajstić information content (AvgIpc) is 3.34. The summed E-state index contributed by atoms with van der Waals surface area (Å²) < 4.78 is 14.3. The molecule has 2 N–H and O–H groups in total. The Kier molecular flexibility index (Phi) is 6.50. The highest BCUT2D eigenvalue weighted by molar-refractivity contribution is 6.31. The van der Waals surface area contributed by atoms with E-state index in [0.29, 0.717) is 48.2 Å². The number of carbonyl (C=O) groups excluding carboxylic acids is 3. The number of nitrogens with zero attached hydrogens (tertiary/aromatic N) is 4. The van der Waals surface area contributed by atoms with Crippen LogP contribution in [0.3, 0.4) is 0 Å². The van der Waals surface area contributed by atoms with E-state index in [-0.39, 0.29) is 35.6 Å². The van der Waals surface area contributed by atoms with E-state index in [1.807, 2.05) is 4.90 Å². The number of hydrogen-bond acceptors (Lipinski definition) is 5. The summed E-state index contributed by atoms with van der Waals surface area (Å²) in [6.07, 6.45) is 0.856. The molecule has 0 bridgehead atoms. The Morgan fingerprint density at radius 1 is 1.15 bits per heavy atom. The fourth-order valence-electron chi connectivity index (χ4n) is 6.49. The number of carbonyl (C=O) groups is 3. The quantitative estimate of drug-likeness (QED) is 0.456. The number of benzene rings is 2. The zero-order valence-corrected chi connectivity index (χ0v) is 23.2. The van der Waals surface area contributed by atoms with E-state index in [0.717, 1.165) is 18.7 Å². The van der Waals surface area contributed by atoms with E-state index in [1.54, 1.807) is 49.1 Å². The van der Waals surface area contributed by atoms with Gasteiger partial charge in [-0.25, -0.2) is 9.18 Å². The third-order valence-corrected chi connectivity index (χ3v) is 8.86. The van der Waals surface area contributed by atoms with Crippen LogP contribution in [0.1, 0.15) is 43.1 Å². The molecule has 40 heavy (non-hydrogen) atoms. The predicted molar refractivity (Wildman–Crippen MR) is 148 cm³/mol. The van der Waals surface area contributed by atoms with E-state index in [2.05, 4.69) is 9.88 Å². The molecular formula is C29H31ClFN5O4. The van der Waals surface area contributed by atoms with Gasteiger partial charge in [-0.05, 0) is 55.3 Å². The molecular weight excluding hydrogens is 537 g/mol. The minimum atomic E-state index is -1.18. The molecule has 0 radical (unpaired) electrons. The summed E-state index contributed by atoms with van der Waals surface area (Å²) in [5, 5.41) is 11.0. The highest BCUT2D eigenvalue weighted by atomic mass is 35.5. The van der Waals surface area contributed by atoms with Crippen molar-refractivity contribution in [2.24, 2.45) is 0 Å². The van der Waals surface area contributed by atoms with Crippen LogP contribution >= 0.6 is 11.6 Å². The summed E-state index contributed by atoms with van der Waals surface area (Å²) in [6, 6.07) is 8.43. The van der Waals surface area contributed by atoms with Gasteiger partial charge in [-0.15, -0.1) is 0 Å². The van der Waals surface area contributed by atoms with Gasteiger partial charge in [0.05, 0.1) is 5.02 Å². The van der Waals surface area contributed by atoms with E-state index in [4.69, 9.17) is 11.6 Å². The minimum Gasteiger partial charge on any atom is -0.508 e. The Morgan fingerprint density at radius 3 is 2.60 bits per heavy atom. The lowest BCUT2D eigenvalue weighted by molar-refractivity contribution is -0.133. The second-order valence-electron chi connectivity index (χ2n) is 11.1. The van der Waals surface area contributed by atoms with Crippen LogP contribution in [0.25, 0.3) is 10.9 Å². The smallest absolute Gasteiger partial charge is 0.328 e. The second-order valence-corrected chi connectivity index (χ2v) is 11.5. The summed E-state index contributed by atoms with van der Waals surface area (Å²) in [7, 11) is 0. The van der Waals surface area contributed by atoms with Gasteiger partial charge in [-0.2, -0.15) is 0 Å². The molecule has 0 unspecified atom stereocenters. The zero-order valence-electron chi connectivity index (χ0n) is 22.4. The van der Waals surface area contributed by atoms with Gasteiger partial charge in [-0.3, -0.25) is 24.3 Å². The van der Waals surface area contributed by atoms with Crippen molar-refractivity contribution in [2.45, 2.75) is 38.3 Å². The molecule has 210 valence electrons. The SMILES string of the molecule is CC(=O)N1CCN(CCCN2C(=O)N3[C@H](c4cccc(O)c4)c4[nH]c5cc(F)c(Cl)cc5c4C[C@@]3(C)C2=O)CC1. The monoisotopic (exact) mass is 567 g/mol. The number of nitrogens with one attached hydrogen (secondary N) is 1. The van der Waals surface area contributed by atoms with Crippen molar-refractivity contribution in [3.63, 3.8) is 0 Å². The van der Waals surface area contributed by atoms with Crippen molar-refractivity contribution in [3.8, 4) is 5.75 Å². The van der Waals surface area contributed by atoms with Crippen molar-refractivity contribution in [1.82, 2.24) is 24.6 Å². The number of phenolic OH excluding ortho intramolecular Hbond substituents is 1. The molecule has 3 aliphatic rings. The molecule has 2 fully saturated rings. The normalized spacial score (nSPS) is 23.2. The van der Waals surface area contributed by atoms with Crippen LogP contribution < -0.4 is 0 Å². The highest BCUT2D eigenvalue weighted by Gasteiger charge is 2.60. The van der Waals surface area contributed by atoms with Gasteiger partial charge < -0.3 is 15.0 Å². The van der Waals surface area contributed by atoms with Crippen molar-refractivity contribution in [1.29, 1.82) is 0 Å². The van der Waals surface area contributed by atoms with Gasteiger partial charge in [0.25, 0.3) is 5.91 Å². The van der Waals surface area contributed by atoms with Gasteiger partial charge in [0.15, 0.2) is 0 Å². The number of piperazine rings is 1. The number of urea groups is 1. The molecule has 2 saturated heterocycles. The van der Waals surface area contributed by atoms with Crippen LogP contribution in [-0.4, -0.2) is 92.3 Å². The van der Waals surface area contributed by atoms with Crippen molar-refractivity contribution < 1.29 is 23.9 Å². The fraction of sp³-hybridized carbons (Fsp3) is 0.414. The fourth-order valence-corrected chi connectivity index (χ4v) is 6.65. The van der Waals surface area contributed by atoms with Crippen LogP contribution in [0, 0.1) is 5.82 Å². The lowest BCUT2D eigenvalue weighted by atomic mass is 9.81. The summed E-state index contributed by atoms with van der Waals surface area (Å²) >= 11 is 6.14. The maximum atomic E-state index is 14.3. The number of aromatic nitrogens is 1. The first kappa shape index (κ1) is 26.6. The molecule has 4 heterocycles. The first-order valence-electron chi connectivity index (χ1n) is 13.5. The van der Waals surface area contributed by atoms with E-state index in [1.165, 1.54) is 11.0 Å². The number of fused-ring (bicyclic) bond motifs is 4. The van der Waals surface area contributed by atoms with Crippen molar-refractivity contribution >= 4 is 40.3 Å². The van der Waals surface area contributed by atoms with Crippen molar-refractivity contribution in [2.75, 3.05) is 39.3 Å². The number of H-pyrrole nitrogens is 1. The Bertz CT molecular complexity index is 1530. The summed E-state index contributed by atoms with van der Waals surface area (Å²) in [6.45, 7) is 7.20. The minimum absolute atomic E-state index is 0.0182. The predicted octanol–water partition coefficient (Wildman–Crippen LogP) is 3.89. The lowest BCUT2D eigenvalue weighted by Gasteiger charge is -2.42. The van der Waals surface area contributed by atoms with Gasteiger partial charge in [0.2, 0.25) is 5.91 Å². The molecule has 2 aromatic carbocycles. The molecule has 0 aliphatic carbocycles. The average molecular weight is 568 g/mol. The molecule has 6 rings (SSSR count). The zero-order chi connectivity index (χ0) is 28.3. The van der Waals surface area contributed by atoms with Crippen LogP contribution in [-0.2, 0) is 16.0 Å². The van der Waals surface area contributed by atoms with E-state index in [9.17, 15) is 23.9 Å². The van der Waals surface area contributed by atoms with Crippen LogP contribution in [0.5, 0.6) is 5.75 Å². The summed E-state index contributed by atoms with van der Waals surface area (Å²) in [4.78, 5) is 49.9. The molecule has 3 aromatic rings. The number of phenols is 1. The molecule has 1 aromatic heterocycles. The van der Waals surface area contributed by atoms with Gasteiger partial charge >= 0.3 is 6.03 Å². The third-order valence-electron chi connectivity index (χ3n) is 8.57. The first-order chi connectivity index (χ1) is 19.1. The number of halogens is 2. The second kappa shape index (κ2) is 9.78. The Labute approximate surface area is 236 Å². The number of rotatable bonds is 5. The van der Waals surface area contributed by atoms with E-state index >= 15 is 0 Å². The van der Waals surface area contributed by atoms with Crippen LogP contribution in [0.15, 0.2) is 36.4 Å². The lowest BCUT2D eigenvalue weighted by Crippen LogP contribution is -2.53. The molecule has 11 heteroatoms. The largest absolute Gasteiger partial charge is 0.508 e. The Balaban J connectivity index is 1.31. The first-order valence-corrected chi connectivity index (χ1v) is 13.9. The Hall–Kier alpha value is -3.63. The van der Waals surface area contributed by atoms with Gasteiger partial charge in [0.1, 0.15) is 23.1 Å². The molecule has 4 amide bonds. The summed E-state index contributed by atoms with van der Waals surface area (Å²) in [5.41, 5.74) is 1.46. The molecule has 0 saturated carbocycles. The molecule has 2 atom stereocenters. The maximum Gasteiger partial charge on any atom is 0.328 e. The number of hydrogen-bond donors (Lipinski definition) is 2. The third kappa shape index (κ3) is 4.21. The molecule has 0 spiro atoms. The maximum absolute atomic E-state index is 14.3. The topological polar surface area (TPSA) is 100 Å². The number of amides is 4. The molecule has 3 aliphatic heterocycles. The van der Waals surface area contributed by atoms with E-state index < -0.39 is 23.4 Å². The standard InChI is InChI=1S/C29H31ClFN5O4/c1-17(37)34-11-9-33(10-12-34)7-4-8-35-27(39)29(2)16-21-20-14-22(30)23(31)15-24(20)32-25(21)26(36(29)28(35)40)18-5-3-6-19(38)13-18/h3,5-6,13-15,26,32,38H,4,7-12,16H2,1-2H3/t26-,29+/m1/s1. The van der Waals surface area contributed by atoms with Crippen molar-refractivity contribution in [3.05, 3.63) is 64.1 Å². The molecule has 9 nitrogen and oxygen atoms in total. The number of aromatic amines is 1. The van der Waals surface area contributed by atoms with Gasteiger partial charge in [0, 0.05) is 62.7 Å².